The number of pyridine rings is 1. The van der Waals surface area contributed by atoms with Crippen molar-refractivity contribution in [2.24, 2.45) is 12.0 Å². The zero-order valence-electron chi connectivity index (χ0n) is 20.5. The SMILES string of the molecule is CCN1C(=O)/C(=c2/s/c(=C\C=C3/Sc4ccccc4N3C)c(=O)n2CC)S/C1=N\c1cccc[n+]1C. The van der Waals surface area contributed by atoms with Crippen molar-refractivity contribution in [2.75, 3.05) is 18.5 Å². The normalized spacial score (nSPS) is 19.8. The van der Waals surface area contributed by atoms with Crippen LogP contribution in [0.15, 0.2) is 74.4 Å². The number of aromatic nitrogens is 2. The van der Waals surface area contributed by atoms with Crippen LogP contribution in [0.5, 0.6) is 0 Å². The van der Waals surface area contributed by atoms with Gasteiger partial charge in [-0.1, -0.05) is 30.0 Å². The Balaban J connectivity index is 1.58. The van der Waals surface area contributed by atoms with Gasteiger partial charge >= 0.3 is 5.82 Å². The number of amides is 1. The van der Waals surface area contributed by atoms with Crippen LogP contribution in [-0.4, -0.2) is 34.1 Å². The quantitative estimate of drug-likeness (QED) is 0.480. The number of benzene rings is 1. The number of hydrogen-bond donors (Lipinski definition) is 0. The molecular formula is C26H26N5O2S3+. The number of aliphatic imine (C=N–C) groups is 1. The Bertz CT molecular complexity index is 1600. The van der Waals surface area contributed by atoms with E-state index in [-0.39, 0.29) is 11.5 Å². The molecule has 0 atom stereocenters. The molecular weight excluding hydrogens is 511 g/mol. The van der Waals surface area contributed by atoms with Crippen LogP contribution in [-0.2, 0) is 18.4 Å². The Morgan fingerprint density at radius 3 is 2.50 bits per heavy atom. The molecule has 7 nitrogen and oxygen atoms in total. The molecule has 2 aliphatic rings. The van der Waals surface area contributed by atoms with Gasteiger partial charge in [-0.15, -0.1) is 11.3 Å². The molecule has 0 spiro atoms. The number of amidine groups is 1. The van der Waals surface area contributed by atoms with Crippen molar-refractivity contribution in [1.29, 1.82) is 0 Å². The van der Waals surface area contributed by atoms with Crippen molar-refractivity contribution in [2.45, 2.75) is 25.3 Å². The van der Waals surface area contributed by atoms with Gasteiger partial charge in [0.2, 0.25) is 0 Å². The monoisotopic (exact) mass is 536 g/mol. The number of para-hydroxylation sites is 1. The number of fused-ring (bicyclic) bond motifs is 1. The maximum Gasteiger partial charge on any atom is 0.326 e. The second kappa shape index (κ2) is 10.1. The molecule has 36 heavy (non-hydrogen) atoms. The molecule has 0 bridgehead atoms. The second-order valence-electron chi connectivity index (χ2n) is 8.17. The summed E-state index contributed by atoms with van der Waals surface area (Å²) in [5.41, 5.74) is 1.07. The lowest BCUT2D eigenvalue weighted by atomic mass is 10.3. The number of aryl methyl sites for hydroxylation is 1. The van der Waals surface area contributed by atoms with Gasteiger partial charge in [0.15, 0.2) is 0 Å². The Morgan fingerprint density at radius 1 is 1.00 bits per heavy atom. The highest BCUT2D eigenvalue weighted by atomic mass is 32.2. The summed E-state index contributed by atoms with van der Waals surface area (Å²) in [5, 5.41) is 1.67. The fourth-order valence-corrected chi connectivity index (χ4v) is 7.41. The Labute approximate surface area is 221 Å². The minimum Gasteiger partial charge on any atom is -0.338 e. The Kier molecular flexibility index (Phi) is 6.92. The summed E-state index contributed by atoms with van der Waals surface area (Å²) in [6, 6.07) is 14.0. The number of thioether (sulfide) groups is 2. The van der Waals surface area contributed by atoms with E-state index in [1.807, 2.05) is 81.2 Å². The second-order valence-corrected chi connectivity index (χ2v) is 11.2. The third-order valence-electron chi connectivity index (χ3n) is 5.98. The highest BCUT2D eigenvalue weighted by Gasteiger charge is 2.38. The molecule has 1 saturated heterocycles. The van der Waals surface area contributed by atoms with Crippen molar-refractivity contribution in [3.05, 3.63) is 79.3 Å². The van der Waals surface area contributed by atoms with Gasteiger partial charge in [0.25, 0.3) is 16.6 Å². The molecule has 5 rings (SSSR count). The van der Waals surface area contributed by atoms with Crippen molar-refractivity contribution < 1.29 is 9.36 Å². The van der Waals surface area contributed by atoms with Crippen LogP contribution in [0.25, 0.3) is 11.0 Å². The molecule has 0 radical (unpaired) electrons. The van der Waals surface area contributed by atoms with Gasteiger partial charge in [-0.2, -0.15) is 0 Å². The molecule has 4 heterocycles. The number of anilines is 1. The largest absolute Gasteiger partial charge is 0.338 e. The van der Waals surface area contributed by atoms with Crippen molar-refractivity contribution in [3.63, 3.8) is 0 Å². The van der Waals surface area contributed by atoms with Crippen LogP contribution in [0.3, 0.4) is 0 Å². The molecule has 0 unspecified atom stereocenters. The number of thiazole rings is 1. The summed E-state index contributed by atoms with van der Waals surface area (Å²) in [7, 11) is 3.95. The first-order valence-electron chi connectivity index (χ1n) is 11.6. The predicted molar refractivity (Wildman–Crippen MR) is 150 cm³/mol. The minimum absolute atomic E-state index is 0.0821. The first-order chi connectivity index (χ1) is 17.4. The fourth-order valence-electron chi connectivity index (χ4n) is 4.03. The summed E-state index contributed by atoms with van der Waals surface area (Å²) in [6.07, 6.45) is 5.77. The average Bonchev–Trinajstić information content (AvgIpc) is 3.49. The van der Waals surface area contributed by atoms with Crippen molar-refractivity contribution >= 4 is 68.4 Å². The van der Waals surface area contributed by atoms with E-state index >= 15 is 0 Å². The maximum atomic E-state index is 13.4. The van der Waals surface area contributed by atoms with E-state index in [1.165, 1.54) is 28.0 Å². The fraction of sp³-hybridized carbons (Fsp3) is 0.231. The van der Waals surface area contributed by atoms with Crippen LogP contribution in [0.1, 0.15) is 13.8 Å². The maximum absolute atomic E-state index is 13.4. The summed E-state index contributed by atoms with van der Waals surface area (Å²) >= 11 is 4.38. The lowest BCUT2D eigenvalue weighted by Gasteiger charge is -2.12. The van der Waals surface area contributed by atoms with Crippen molar-refractivity contribution in [3.8, 4) is 0 Å². The average molecular weight is 537 g/mol. The van der Waals surface area contributed by atoms with E-state index in [2.05, 4.69) is 17.0 Å². The van der Waals surface area contributed by atoms with Gasteiger partial charge in [-0.05, 0) is 61.0 Å². The summed E-state index contributed by atoms with van der Waals surface area (Å²) in [4.78, 5) is 36.9. The lowest BCUT2D eigenvalue weighted by molar-refractivity contribution is -0.658. The first-order valence-corrected chi connectivity index (χ1v) is 14.1. The van der Waals surface area contributed by atoms with E-state index in [1.54, 1.807) is 21.2 Å². The topological polar surface area (TPSA) is 61.8 Å². The zero-order chi connectivity index (χ0) is 25.4. The predicted octanol–water partition coefficient (Wildman–Crippen LogP) is 3.01. The molecule has 1 aromatic carbocycles. The van der Waals surface area contributed by atoms with Gasteiger partial charge in [0.05, 0.1) is 28.5 Å². The third kappa shape index (κ3) is 4.33. The lowest BCUT2D eigenvalue weighted by Crippen LogP contribution is -2.33. The van der Waals surface area contributed by atoms with Gasteiger partial charge in [0, 0.05) is 31.1 Å². The summed E-state index contributed by atoms with van der Waals surface area (Å²) in [6.45, 7) is 4.85. The van der Waals surface area contributed by atoms with E-state index in [4.69, 9.17) is 4.99 Å². The minimum atomic E-state index is -0.116. The molecule has 2 aliphatic heterocycles. The van der Waals surface area contributed by atoms with Crippen LogP contribution in [0, 0.1) is 0 Å². The number of carbonyl (C=O) groups excluding carboxylic acids is 1. The molecule has 0 N–H and O–H groups in total. The molecule has 2 aromatic heterocycles. The standard InChI is InChI=1S/C26H26N5O2S3/c1-5-30-23(32)19(14-15-21-29(4)17-11-7-8-12-18(17)34-21)35-25(30)22-24(33)31(6-2)26(36-22)27-20-13-9-10-16-28(20)3/h7-16H,5-6H2,1-4H3/q+1/b19-14-,21-15-,25-22-. The summed E-state index contributed by atoms with van der Waals surface area (Å²) < 4.78 is 4.88. The van der Waals surface area contributed by atoms with Gasteiger partial charge in [0.1, 0.15) is 9.57 Å². The van der Waals surface area contributed by atoms with E-state index in [0.717, 1.165) is 16.5 Å². The third-order valence-corrected chi connectivity index (χ3v) is 9.51. The van der Waals surface area contributed by atoms with Crippen LogP contribution in [0.2, 0.25) is 0 Å². The first kappa shape index (κ1) is 24.6. The van der Waals surface area contributed by atoms with Crippen molar-refractivity contribution in [1.82, 2.24) is 9.47 Å². The molecule has 10 heteroatoms. The number of nitrogens with zero attached hydrogens (tertiary/aromatic N) is 5. The van der Waals surface area contributed by atoms with Crippen LogP contribution >= 0.6 is 34.9 Å². The molecule has 0 aliphatic carbocycles. The van der Waals surface area contributed by atoms with Gasteiger partial charge < -0.3 is 4.90 Å². The number of allylic oxidation sites excluding steroid dienone is 1. The number of hydrogen-bond acceptors (Lipinski definition) is 7. The molecule has 184 valence electrons. The van der Waals surface area contributed by atoms with Gasteiger partial charge in [-0.3, -0.25) is 19.1 Å². The molecule has 1 amide bonds. The van der Waals surface area contributed by atoms with Crippen LogP contribution < -0.4 is 24.2 Å². The van der Waals surface area contributed by atoms with E-state index in [9.17, 15) is 9.59 Å². The Hall–Kier alpha value is -3.08. The van der Waals surface area contributed by atoms with Gasteiger partial charge in [-0.25, -0.2) is 4.57 Å². The molecule has 0 saturated carbocycles. The highest BCUT2D eigenvalue weighted by Crippen LogP contribution is 2.44. The molecule has 1 fully saturated rings. The van der Waals surface area contributed by atoms with E-state index in [0.29, 0.717) is 32.4 Å². The van der Waals surface area contributed by atoms with Crippen LogP contribution in [0.4, 0.5) is 11.5 Å². The zero-order valence-corrected chi connectivity index (χ0v) is 22.9. The summed E-state index contributed by atoms with van der Waals surface area (Å²) in [5.74, 6) is 0.640. The highest BCUT2D eigenvalue weighted by molar-refractivity contribution is 8.23. The van der Waals surface area contributed by atoms with E-state index < -0.39 is 0 Å². The number of carbonyl (C=O) groups is 1. The number of rotatable bonds is 4. The molecule has 3 aromatic rings. The smallest absolute Gasteiger partial charge is 0.326 e. The Morgan fingerprint density at radius 2 is 1.78 bits per heavy atom.